The van der Waals surface area contributed by atoms with Crippen molar-refractivity contribution in [2.24, 2.45) is 0 Å². The third-order valence-corrected chi connectivity index (χ3v) is 5.90. The van der Waals surface area contributed by atoms with E-state index >= 15 is 0 Å². The summed E-state index contributed by atoms with van der Waals surface area (Å²) in [5.74, 6) is -8.26. The Balaban J connectivity index is 0.000000252. The second kappa shape index (κ2) is 16.7. The van der Waals surface area contributed by atoms with E-state index in [-0.39, 0.29) is 28.4 Å². The number of aromatic hydroxyl groups is 2. The predicted octanol–water partition coefficient (Wildman–Crippen LogP) is 4.56. The number of carbonyl (C=O) groups excluding carboxylic acids is 1. The normalized spacial score (nSPS) is 10.0. The quantitative estimate of drug-likeness (QED) is 0.0902. The monoisotopic (exact) mass is 660 g/mol. The summed E-state index contributed by atoms with van der Waals surface area (Å²) in [6.07, 6.45) is 3.07. The lowest BCUT2D eigenvalue weighted by Crippen LogP contribution is -2.10. The number of allylic oxidation sites excluding steroid dienone is 1. The summed E-state index contributed by atoms with van der Waals surface area (Å²) in [7, 11) is 0. The van der Waals surface area contributed by atoms with Gasteiger partial charge in [0.1, 0.15) is 11.5 Å². The largest absolute Gasteiger partial charge is 0.508 e. The Bertz CT molecular complexity index is 1840. The Morgan fingerprint density at radius 1 is 0.417 bits per heavy atom. The molecule has 4 aromatic carbocycles. The molecular weight excluding hydrogens is 636 g/mol. The van der Waals surface area contributed by atoms with Crippen molar-refractivity contribution in [3.63, 3.8) is 0 Å². The third kappa shape index (κ3) is 10.7. The van der Waals surface area contributed by atoms with Crippen LogP contribution in [0.25, 0.3) is 6.08 Å². The zero-order chi connectivity index (χ0) is 36.1. The van der Waals surface area contributed by atoms with Crippen LogP contribution in [0.15, 0.2) is 91.0 Å². The van der Waals surface area contributed by atoms with Crippen LogP contribution in [-0.4, -0.2) is 82.5 Å². The lowest BCUT2D eigenvalue weighted by Gasteiger charge is -2.02. The van der Waals surface area contributed by atoms with E-state index in [2.05, 4.69) is 0 Å². The van der Waals surface area contributed by atoms with E-state index in [1.54, 1.807) is 42.5 Å². The number of carboxylic acid groups (broad SMARTS) is 6. The minimum Gasteiger partial charge on any atom is -0.508 e. The number of benzene rings is 4. The molecule has 0 amide bonds. The Hall–Kier alpha value is -7.29. The van der Waals surface area contributed by atoms with Gasteiger partial charge in [-0.15, -0.1) is 0 Å². The minimum atomic E-state index is -1.48. The van der Waals surface area contributed by atoms with Gasteiger partial charge >= 0.3 is 35.8 Å². The molecule has 0 saturated carbocycles. The molecular formula is C33H24O15. The highest BCUT2D eigenvalue weighted by molar-refractivity contribution is 6.07. The number of aromatic carboxylic acids is 6. The Kier molecular flexibility index (Phi) is 12.8. The summed E-state index contributed by atoms with van der Waals surface area (Å²) in [6, 6.07) is 18.3. The lowest BCUT2D eigenvalue weighted by molar-refractivity contribution is 0.0648. The highest BCUT2D eigenvalue weighted by Gasteiger charge is 2.19. The van der Waals surface area contributed by atoms with Gasteiger partial charge in [0.15, 0.2) is 5.78 Å². The van der Waals surface area contributed by atoms with E-state index < -0.39 is 58.1 Å². The second-order valence-corrected chi connectivity index (χ2v) is 9.19. The third-order valence-electron chi connectivity index (χ3n) is 5.90. The zero-order valence-corrected chi connectivity index (χ0v) is 24.2. The maximum Gasteiger partial charge on any atom is 0.336 e. The van der Waals surface area contributed by atoms with Crippen molar-refractivity contribution in [3.05, 3.63) is 136 Å². The first-order valence-electron chi connectivity index (χ1n) is 13.0. The molecule has 15 heteroatoms. The molecule has 48 heavy (non-hydrogen) atoms. The fraction of sp³-hybridized carbons (Fsp3) is 0. The summed E-state index contributed by atoms with van der Waals surface area (Å²) in [5.41, 5.74) is -1.23. The van der Waals surface area contributed by atoms with E-state index in [1.807, 2.05) is 0 Å². The highest BCUT2D eigenvalue weighted by Crippen LogP contribution is 2.15. The van der Waals surface area contributed by atoms with Crippen LogP contribution in [0.4, 0.5) is 0 Å². The molecule has 246 valence electrons. The lowest BCUT2D eigenvalue weighted by atomic mass is 10.0. The van der Waals surface area contributed by atoms with Gasteiger partial charge in [-0.2, -0.15) is 0 Å². The molecule has 0 aliphatic heterocycles. The van der Waals surface area contributed by atoms with Gasteiger partial charge in [-0.1, -0.05) is 18.2 Å². The molecule has 0 radical (unpaired) electrons. The van der Waals surface area contributed by atoms with Crippen LogP contribution in [0.1, 0.15) is 78.1 Å². The zero-order valence-electron chi connectivity index (χ0n) is 24.2. The van der Waals surface area contributed by atoms with Gasteiger partial charge in [-0.05, 0) is 84.4 Å². The number of hydrogen-bond donors (Lipinski definition) is 8. The average molecular weight is 661 g/mol. The summed E-state index contributed by atoms with van der Waals surface area (Å²) < 4.78 is 0. The summed E-state index contributed by atoms with van der Waals surface area (Å²) >= 11 is 0. The van der Waals surface area contributed by atoms with Crippen LogP contribution in [0.3, 0.4) is 0 Å². The number of phenols is 2. The molecule has 0 heterocycles. The van der Waals surface area contributed by atoms with Crippen LogP contribution < -0.4 is 0 Å². The summed E-state index contributed by atoms with van der Waals surface area (Å²) in [4.78, 5) is 75.3. The fourth-order valence-corrected chi connectivity index (χ4v) is 3.60. The molecule has 0 spiro atoms. The van der Waals surface area contributed by atoms with Crippen molar-refractivity contribution in [2.45, 2.75) is 0 Å². The number of hydrogen-bond acceptors (Lipinski definition) is 9. The van der Waals surface area contributed by atoms with E-state index in [1.165, 1.54) is 18.2 Å². The Morgan fingerprint density at radius 3 is 1.21 bits per heavy atom. The van der Waals surface area contributed by atoms with Gasteiger partial charge in [0.25, 0.3) is 0 Å². The first-order valence-corrected chi connectivity index (χ1v) is 13.0. The molecule has 0 aliphatic rings. The Labute approximate surface area is 269 Å². The molecule has 0 aromatic heterocycles. The van der Waals surface area contributed by atoms with Crippen LogP contribution in [0.5, 0.6) is 11.5 Å². The minimum absolute atomic E-state index is 0.128. The van der Waals surface area contributed by atoms with E-state index in [9.17, 15) is 38.7 Å². The van der Waals surface area contributed by atoms with Crippen molar-refractivity contribution in [1.29, 1.82) is 0 Å². The van der Waals surface area contributed by atoms with Gasteiger partial charge < -0.3 is 40.9 Å². The van der Waals surface area contributed by atoms with Gasteiger partial charge in [-0.3, -0.25) is 4.79 Å². The number of rotatable bonds is 9. The number of carboxylic acids is 6. The standard InChI is InChI=1S/C15H12O3.2C9H6O6/c16-13-7-5-12(6-8-13)15(18)9-4-11-2-1-3-14(17)10-11;2*10-7(11)4-1-2-5(8(12)13)6(3-4)9(14)15/h1-10,16-17H;2*1-3H,(H,10,11)(H,12,13)(H,14,15). The van der Waals surface area contributed by atoms with Crippen LogP contribution in [0.2, 0.25) is 0 Å². The maximum atomic E-state index is 11.8. The Morgan fingerprint density at radius 2 is 0.833 bits per heavy atom. The molecule has 0 saturated heterocycles. The van der Waals surface area contributed by atoms with Crippen molar-refractivity contribution < 1.29 is 74.4 Å². The first kappa shape index (κ1) is 36.9. The fourth-order valence-electron chi connectivity index (χ4n) is 3.60. The molecule has 0 unspecified atom stereocenters. The van der Waals surface area contributed by atoms with Crippen molar-refractivity contribution in [3.8, 4) is 11.5 Å². The summed E-state index contributed by atoms with van der Waals surface area (Å²) in [5, 5.41) is 70.2. The highest BCUT2D eigenvalue weighted by atomic mass is 16.4. The molecule has 15 nitrogen and oxygen atoms in total. The molecule has 0 aliphatic carbocycles. The smallest absolute Gasteiger partial charge is 0.336 e. The van der Waals surface area contributed by atoms with Crippen molar-refractivity contribution >= 4 is 47.7 Å². The molecule has 0 fully saturated rings. The number of phenolic OH excluding ortho intramolecular Hbond substituents is 2. The van der Waals surface area contributed by atoms with Crippen LogP contribution in [-0.2, 0) is 0 Å². The molecule has 0 atom stereocenters. The van der Waals surface area contributed by atoms with Gasteiger partial charge in [0.2, 0.25) is 0 Å². The number of carbonyl (C=O) groups is 7. The average Bonchev–Trinajstić information content (AvgIpc) is 3.03. The van der Waals surface area contributed by atoms with E-state index in [0.29, 0.717) is 5.56 Å². The topological polar surface area (TPSA) is 281 Å². The van der Waals surface area contributed by atoms with Gasteiger partial charge in [0, 0.05) is 5.56 Å². The van der Waals surface area contributed by atoms with E-state index in [4.69, 9.17) is 35.7 Å². The van der Waals surface area contributed by atoms with Crippen molar-refractivity contribution in [1.82, 2.24) is 0 Å². The second-order valence-electron chi connectivity index (χ2n) is 9.19. The number of ketones is 1. The molecule has 8 N–H and O–H groups in total. The predicted molar refractivity (Wildman–Crippen MR) is 164 cm³/mol. The first-order chi connectivity index (χ1) is 22.5. The van der Waals surface area contributed by atoms with Gasteiger partial charge in [-0.25, -0.2) is 28.8 Å². The maximum absolute atomic E-state index is 11.8. The SMILES string of the molecule is O=C(C=Cc1cccc(O)c1)c1ccc(O)cc1.O=C(O)c1ccc(C(=O)O)c(C(=O)O)c1.O=C(O)c1ccc(C(=O)O)c(C(=O)O)c1. The molecule has 4 aromatic rings. The van der Waals surface area contributed by atoms with E-state index in [0.717, 1.165) is 42.0 Å². The van der Waals surface area contributed by atoms with Crippen molar-refractivity contribution in [2.75, 3.05) is 0 Å². The van der Waals surface area contributed by atoms with Gasteiger partial charge in [0.05, 0.1) is 33.4 Å². The molecule has 4 rings (SSSR count). The van der Waals surface area contributed by atoms with Crippen LogP contribution in [0, 0.1) is 0 Å². The van der Waals surface area contributed by atoms with Crippen LogP contribution >= 0.6 is 0 Å². The molecule has 0 bridgehead atoms. The summed E-state index contributed by atoms with van der Waals surface area (Å²) in [6.45, 7) is 0.